The zero-order valence-electron chi connectivity index (χ0n) is 15.6. The van der Waals surface area contributed by atoms with E-state index in [1.807, 2.05) is 18.4 Å². The quantitative estimate of drug-likeness (QED) is 0.576. The standard InChI is InChI=1S/C21H26N2OS2/c1-4-25-23-15-7-8-20(24-12-14-5-6-14)17(10-15)16-11-19(22-3)21-18(16)9-13(2)26-21/h7-11,14,19,22-23H,4-6,12H2,1-3H3. The fourth-order valence-corrected chi connectivity index (χ4v) is 4.89. The van der Waals surface area contributed by atoms with Crippen LogP contribution in [0.5, 0.6) is 5.75 Å². The lowest BCUT2D eigenvalue weighted by atomic mass is 10.0. The van der Waals surface area contributed by atoms with Crippen LogP contribution in [0.15, 0.2) is 30.3 Å². The molecule has 1 atom stereocenters. The Morgan fingerprint density at radius 3 is 2.81 bits per heavy atom. The maximum Gasteiger partial charge on any atom is 0.127 e. The molecule has 138 valence electrons. The van der Waals surface area contributed by atoms with Gasteiger partial charge in [0.15, 0.2) is 0 Å². The average molecular weight is 387 g/mol. The first-order chi connectivity index (χ1) is 12.7. The number of nitrogens with one attached hydrogen (secondary N) is 2. The summed E-state index contributed by atoms with van der Waals surface area (Å²) in [7, 11) is 2.03. The van der Waals surface area contributed by atoms with Gasteiger partial charge in [-0.3, -0.25) is 0 Å². The van der Waals surface area contributed by atoms with Gasteiger partial charge in [0.05, 0.1) is 12.6 Å². The first kappa shape index (κ1) is 18.0. The van der Waals surface area contributed by atoms with E-state index >= 15 is 0 Å². The molecule has 1 fully saturated rings. The SMILES string of the molecule is CCSNc1ccc(OCC2CC2)c(C2=CC(NC)c3sc(C)cc32)c1. The molecule has 5 heteroatoms. The minimum atomic E-state index is 0.289. The third-order valence-electron chi connectivity index (χ3n) is 4.88. The van der Waals surface area contributed by atoms with Crippen molar-refractivity contribution in [2.45, 2.75) is 32.7 Å². The zero-order valence-corrected chi connectivity index (χ0v) is 17.2. The second-order valence-electron chi connectivity index (χ2n) is 6.98. The molecule has 0 bridgehead atoms. The molecule has 1 aromatic heterocycles. The molecule has 2 aromatic rings. The molecule has 26 heavy (non-hydrogen) atoms. The lowest BCUT2D eigenvalue weighted by molar-refractivity contribution is 0.299. The van der Waals surface area contributed by atoms with Gasteiger partial charge in [0.25, 0.3) is 0 Å². The minimum absolute atomic E-state index is 0.289. The third kappa shape index (κ3) is 3.66. The number of hydrogen-bond acceptors (Lipinski definition) is 5. The fourth-order valence-electron chi connectivity index (χ4n) is 3.33. The normalized spacial score (nSPS) is 18.6. The van der Waals surface area contributed by atoms with Crippen molar-refractivity contribution in [2.75, 3.05) is 24.1 Å². The smallest absolute Gasteiger partial charge is 0.127 e. The summed E-state index contributed by atoms with van der Waals surface area (Å²) in [4.78, 5) is 2.77. The van der Waals surface area contributed by atoms with Crippen molar-refractivity contribution in [2.24, 2.45) is 5.92 Å². The predicted molar refractivity (Wildman–Crippen MR) is 114 cm³/mol. The van der Waals surface area contributed by atoms with Gasteiger partial charge in [-0.05, 0) is 68.1 Å². The lowest BCUT2D eigenvalue weighted by Gasteiger charge is -2.15. The van der Waals surface area contributed by atoms with Crippen molar-refractivity contribution in [3.8, 4) is 5.75 Å². The maximum atomic E-state index is 6.23. The van der Waals surface area contributed by atoms with E-state index < -0.39 is 0 Å². The molecule has 2 N–H and O–H groups in total. The van der Waals surface area contributed by atoms with Crippen LogP contribution in [0.1, 0.15) is 46.7 Å². The number of anilines is 1. The number of hydrogen-bond donors (Lipinski definition) is 2. The van der Waals surface area contributed by atoms with Crippen LogP contribution in [0.2, 0.25) is 0 Å². The molecule has 1 saturated carbocycles. The van der Waals surface area contributed by atoms with Crippen molar-refractivity contribution in [1.29, 1.82) is 0 Å². The second-order valence-corrected chi connectivity index (χ2v) is 9.34. The molecule has 0 saturated heterocycles. The van der Waals surface area contributed by atoms with Gasteiger partial charge in [-0.1, -0.05) is 24.9 Å². The van der Waals surface area contributed by atoms with E-state index in [-0.39, 0.29) is 6.04 Å². The van der Waals surface area contributed by atoms with Crippen LogP contribution < -0.4 is 14.8 Å². The van der Waals surface area contributed by atoms with E-state index in [4.69, 9.17) is 4.74 Å². The van der Waals surface area contributed by atoms with Gasteiger partial charge >= 0.3 is 0 Å². The number of fused-ring (bicyclic) bond motifs is 1. The first-order valence-corrected chi connectivity index (χ1v) is 11.1. The van der Waals surface area contributed by atoms with Gasteiger partial charge in [0.2, 0.25) is 0 Å². The van der Waals surface area contributed by atoms with Crippen LogP contribution in [-0.2, 0) is 0 Å². The molecular weight excluding hydrogens is 360 g/mol. The molecular formula is C21H26N2OS2. The van der Waals surface area contributed by atoms with E-state index in [1.165, 1.54) is 39.3 Å². The Kier molecular flexibility index (Phi) is 5.30. The Labute approximate surface area is 164 Å². The van der Waals surface area contributed by atoms with Gasteiger partial charge < -0.3 is 14.8 Å². The molecule has 4 rings (SSSR count). The average Bonchev–Trinajstić information content (AvgIpc) is 3.31. The van der Waals surface area contributed by atoms with Crippen LogP contribution in [0.4, 0.5) is 5.69 Å². The van der Waals surface area contributed by atoms with Crippen LogP contribution in [0.25, 0.3) is 5.57 Å². The Morgan fingerprint density at radius 2 is 2.08 bits per heavy atom. The van der Waals surface area contributed by atoms with E-state index in [9.17, 15) is 0 Å². The molecule has 2 aliphatic rings. The number of likely N-dealkylation sites (N-methyl/N-ethyl adjacent to an activating group) is 1. The summed E-state index contributed by atoms with van der Waals surface area (Å²) in [6, 6.07) is 9.10. The summed E-state index contributed by atoms with van der Waals surface area (Å²) >= 11 is 3.61. The van der Waals surface area contributed by atoms with Crippen LogP contribution in [0.3, 0.4) is 0 Å². The van der Waals surface area contributed by atoms with Gasteiger partial charge in [-0.2, -0.15) is 0 Å². The molecule has 3 nitrogen and oxygen atoms in total. The highest BCUT2D eigenvalue weighted by atomic mass is 32.2. The zero-order chi connectivity index (χ0) is 18.1. The minimum Gasteiger partial charge on any atom is -0.493 e. The number of rotatable bonds is 8. The van der Waals surface area contributed by atoms with Gasteiger partial charge in [0, 0.05) is 26.8 Å². The predicted octanol–water partition coefficient (Wildman–Crippen LogP) is 5.63. The molecule has 1 unspecified atom stereocenters. The Morgan fingerprint density at radius 1 is 1.23 bits per heavy atom. The second kappa shape index (κ2) is 7.67. The van der Waals surface area contributed by atoms with Gasteiger partial charge in [0.1, 0.15) is 5.75 Å². The molecule has 0 radical (unpaired) electrons. The molecule has 0 spiro atoms. The molecule has 1 aromatic carbocycles. The largest absolute Gasteiger partial charge is 0.493 e. The number of benzene rings is 1. The maximum absolute atomic E-state index is 6.23. The number of ether oxygens (including phenoxy) is 1. The van der Waals surface area contributed by atoms with Gasteiger partial charge in [-0.15, -0.1) is 11.3 Å². The summed E-state index contributed by atoms with van der Waals surface area (Å²) < 4.78 is 9.67. The summed E-state index contributed by atoms with van der Waals surface area (Å²) in [5.74, 6) is 2.79. The van der Waals surface area contributed by atoms with Crippen molar-refractivity contribution in [1.82, 2.24) is 5.32 Å². The topological polar surface area (TPSA) is 33.3 Å². The molecule has 0 aliphatic heterocycles. The van der Waals surface area contributed by atoms with Crippen molar-refractivity contribution >= 4 is 34.5 Å². The highest BCUT2D eigenvalue weighted by molar-refractivity contribution is 8.00. The molecule has 2 aliphatic carbocycles. The van der Waals surface area contributed by atoms with E-state index in [0.29, 0.717) is 0 Å². The fraction of sp³-hybridized carbons (Fsp3) is 0.429. The summed E-state index contributed by atoms with van der Waals surface area (Å²) in [6.07, 6.45) is 4.96. The summed E-state index contributed by atoms with van der Waals surface area (Å²) in [6.45, 7) is 5.18. The monoisotopic (exact) mass is 386 g/mol. The van der Waals surface area contributed by atoms with Crippen molar-refractivity contribution in [3.05, 3.63) is 51.2 Å². The third-order valence-corrected chi connectivity index (χ3v) is 6.68. The number of thiophene rings is 1. The van der Waals surface area contributed by atoms with Crippen LogP contribution in [-0.4, -0.2) is 19.4 Å². The summed E-state index contributed by atoms with van der Waals surface area (Å²) in [5.41, 5.74) is 4.97. The Bertz CT molecular complexity index is 823. The van der Waals surface area contributed by atoms with Crippen LogP contribution >= 0.6 is 23.3 Å². The van der Waals surface area contributed by atoms with Gasteiger partial charge in [-0.25, -0.2) is 0 Å². The molecule has 1 heterocycles. The summed E-state index contributed by atoms with van der Waals surface area (Å²) in [5, 5.41) is 3.44. The van der Waals surface area contributed by atoms with Crippen molar-refractivity contribution < 1.29 is 4.74 Å². The lowest BCUT2D eigenvalue weighted by Crippen LogP contribution is -2.10. The first-order valence-electron chi connectivity index (χ1n) is 9.34. The highest BCUT2D eigenvalue weighted by Crippen LogP contribution is 2.46. The van der Waals surface area contributed by atoms with E-state index in [0.717, 1.165) is 29.7 Å². The van der Waals surface area contributed by atoms with E-state index in [2.05, 4.69) is 54.2 Å². The van der Waals surface area contributed by atoms with E-state index in [1.54, 1.807) is 11.9 Å². The Balaban J connectivity index is 1.72. The highest BCUT2D eigenvalue weighted by Gasteiger charge is 2.28. The van der Waals surface area contributed by atoms with Crippen molar-refractivity contribution in [3.63, 3.8) is 0 Å². The number of aryl methyl sites for hydroxylation is 1. The Hall–Kier alpha value is -1.43. The van der Waals surface area contributed by atoms with Crippen LogP contribution in [0, 0.1) is 12.8 Å². The molecule has 0 amide bonds.